The zero-order valence-corrected chi connectivity index (χ0v) is 30.2. The molecule has 15 nitrogen and oxygen atoms in total. The van der Waals surface area contributed by atoms with Crippen LogP contribution in [0.25, 0.3) is 0 Å². The molecule has 3 heterocycles. The van der Waals surface area contributed by atoms with Gasteiger partial charge in [0.2, 0.25) is 5.91 Å². The first kappa shape index (κ1) is 43.6. The fourth-order valence-corrected chi connectivity index (χ4v) is 6.77. The molecule has 0 aromatic carbocycles. The van der Waals surface area contributed by atoms with E-state index in [1.54, 1.807) is 63.3 Å². The number of primary amides is 1. The Labute approximate surface area is 304 Å². The maximum Gasteiger partial charge on any atom is 0.311 e. The number of rotatable bonds is 4. The molecule has 0 aliphatic carbocycles. The largest absolute Gasteiger partial charge is 0.462 e. The summed E-state index contributed by atoms with van der Waals surface area (Å²) >= 11 is 0. The molecule has 0 aromatic rings. The lowest BCUT2D eigenvalue weighted by Gasteiger charge is -2.45. The van der Waals surface area contributed by atoms with Crippen molar-refractivity contribution in [2.75, 3.05) is 0 Å². The SMILES string of the molecule is CC[C@H]1C(=O)O[C@@H](C)C/C=C/C=C/C=C/C=C/[C@H](O[C@@H]2O[C@H](C)[C@@H](O)[C@H](N)[C@@H]2O)CC2O[C@](O)(C[C@H](O)CCCC(=O)C[C@H]1O)C[C@H](O)[C@H]2C(N)=O. The molecular weight excluding hydrogens is 680 g/mol. The van der Waals surface area contributed by atoms with Crippen molar-refractivity contribution in [2.24, 2.45) is 23.3 Å². The highest BCUT2D eigenvalue weighted by molar-refractivity contribution is 5.80. The van der Waals surface area contributed by atoms with Gasteiger partial charge >= 0.3 is 5.97 Å². The third-order valence-corrected chi connectivity index (χ3v) is 9.71. The lowest BCUT2D eigenvalue weighted by Crippen LogP contribution is -2.61. The molecular formula is C37H58N2O13. The van der Waals surface area contributed by atoms with Crippen molar-refractivity contribution in [3.8, 4) is 0 Å². The van der Waals surface area contributed by atoms with E-state index in [2.05, 4.69) is 0 Å². The van der Waals surface area contributed by atoms with Crippen molar-refractivity contribution in [3.63, 3.8) is 0 Å². The van der Waals surface area contributed by atoms with Gasteiger partial charge in [-0.25, -0.2) is 0 Å². The van der Waals surface area contributed by atoms with Gasteiger partial charge in [-0.2, -0.15) is 0 Å². The predicted octanol–water partition coefficient (Wildman–Crippen LogP) is 0.323. The third kappa shape index (κ3) is 12.9. The highest BCUT2D eigenvalue weighted by atomic mass is 16.7. The van der Waals surface area contributed by atoms with Crippen LogP contribution in [-0.4, -0.2) is 121 Å². The van der Waals surface area contributed by atoms with Gasteiger partial charge in [0.25, 0.3) is 0 Å². The van der Waals surface area contributed by atoms with Crippen LogP contribution in [0.15, 0.2) is 48.6 Å². The molecule has 0 spiro atoms. The van der Waals surface area contributed by atoms with Crippen molar-refractivity contribution in [1.82, 2.24) is 0 Å². The van der Waals surface area contributed by atoms with E-state index in [9.17, 15) is 45.0 Å². The summed E-state index contributed by atoms with van der Waals surface area (Å²) in [5.41, 5.74) is 11.7. The second-order valence-electron chi connectivity index (χ2n) is 14.1. The van der Waals surface area contributed by atoms with E-state index in [-0.39, 0.29) is 50.7 Å². The standard InChI is InChI=1S/C37H58N2O13/c1-4-26-27(42)17-23(40)14-12-15-24(41)19-37(48)20-28(43)30(34(39)46)29(52-37)18-25(51-36-33(45)31(38)32(44)22(3)50-36)16-11-9-7-5-6-8-10-13-21(2)49-35(26)47/h5-11,16,21-22,24-33,36,41-45,48H,4,12-15,17-20,38H2,1-3H3,(H2,39,46)/b6-5+,9-7+,10-8+,16-11+/t21-,22+,24+,25-,26+,27+,28-,29?,30+,31-,32+,33-,36-,37+/m0/s1. The second-order valence-corrected chi connectivity index (χ2v) is 14.1. The molecule has 15 heteroatoms. The van der Waals surface area contributed by atoms with Gasteiger partial charge in [-0.05, 0) is 33.1 Å². The molecule has 3 aliphatic rings. The van der Waals surface area contributed by atoms with E-state index in [4.69, 9.17) is 30.4 Å². The molecule has 3 rings (SSSR count). The first-order chi connectivity index (χ1) is 24.5. The molecule has 294 valence electrons. The molecule has 52 heavy (non-hydrogen) atoms. The first-order valence-corrected chi connectivity index (χ1v) is 18.1. The molecule has 14 atom stereocenters. The highest BCUT2D eigenvalue weighted by Gasteiger charge is 2.50. The lowest BCUT2D eigenvalue weighted by atomic mass is 9.82. The number of amides is 1. The van der Waals surface area contributed by atoms with Gasteiger partial charge in [0.15, 0.2) is 12.1 Å². The number of cyclic esters (lactones) is 1. The number of esters is 1. The van der Waals surface area contributed by atoms with E-state index in [1.165, 1.54) is 0 Å². The van der Waals surface area contributed by atoms with Crippen molar-refractivity contribution >= 4 is 17.7 Å². The average molecular weight is 739 g/mol. The van der Waals surface area contributed by atoms with Crippen LogP contribution in [0.2, 0.25) is 0 Å². The summed E-state index contributed by atoms with van der Waals surface area (Å²) in [6.45, 7) is 5.03. The number of hydrogen-bond acceptors (Lipinski definition) is 14. The topological polar surface area (TPSA) is 262 Å². The van der Waals surface area contributed by atoms with Crippen LogP contribution < -0.4 is 11.5 Å². The number of aliphatic hydroxyl groups excluding tert-OH is 5. The molecule has 0 saturated carbocycles. The number of aliphatic hydroxyl groups is 6. The number of nitrogens with two attached hydrogens (primary N) is 2. The minimum absolute atomic E-state index is 0.00318. The number of ketones is 1. The van der Waals surface area contributed by atoms with E-state index >= 15 is 0 Å². The normalized spacial score (nSPS) is 43.5. The van der Waals surface area contributed by atoms with Crippen molar-refractivity contribution in [2.45, 2.75) is 152 Å². The Hall–Kier alpha value is -2.83. The number of ether oxygens (including phenoxy) is 4. The minimum Gasteiger partial charge on any atom is -0.462 e. The van der Waals surface area contributed by atoms with Crippen molar-refractivity contribution < 1.29 is 64.0 Å². The van der Waals surface area contributed by atoms with Gasteiger partial charge < -0.3 is 61.1 Å². The Balaban J connectivity index is 1.88. The molecule has 0 radical (unpaired) electrons. The highest BCUT2D eigenvalue weighted by Crippen LogP contribution is 2.38. The van der Waals surface area contributed by atoms with Crippen LogP contribution in [-0.2, 0) is 33.3 Å². The molecule has 1 unspecified atom stereocenters. The minimum atomic E-state index is -2.10. The molecule has 3 aliphatic heterocycles. The predicted molar refractivity (Wildman–Crippen MR) is 188 cm³/mol. The lowest BCUT2D eigenvalue weighted by molar-refractivity contribution is -0.306. The number of carbonyl (C=O) groups excluding carboxylic acids is 3. The summed E-state index contributed by atoms with van der Waals surface area (Å²) in [5, 5.41) is 65.0. The number of hydrogen-bond donors (Lipinski definition) is 8. The van der Waals surface area contributed by atoms with Gasteiger partial charge in [-0.3, -0.25) is 14.4 Å². The van der Waals surface area contributed by atoms with Crippen LogP contribution in [0.4, 0.5) is 0 Å². The summed E-state index contributed by atoms with van der Waals surface area (Å²) in [6, 6.07) is -1.08. The fraction of sp³-hybridized carbons (Fsp3) is 0.703. The van der Waals surface area contributed by atoms with Crippen LogP contribution in [0.3, 0.4) is 0 Å². The number of fused-ring (bicyclic) bond motifs is 2. The average Bonchev–Trinajstić information content (AvgIpc) is 3.04. The summed E-state index contributed by atoms with van der Waals surface area (Å²) in [5.74, 6) is -6.04. The quantitative estimate of drug-likeness (QED) is 0.181. The number of allylic oxidation sites excluding steroid dienone is 6. The van der Waals surface area contributed by atoms with Gasteiger partial charge in [-0.15, -0.1) is 0 Å². The summed E-state index contributed by atoms with van der Waals surface area (Å²) in [4.78, 5) is 38.0. The van der Waals surface area contributed by atoms with Crippen LogP contribution >= 0.6 is 0 Å². The zero-order valence-electron chi connectivity index (χ0n) is 30.2. The Morgan fingerprint density at radius 1 is 0.981 bits per heavy atom. The summed E-state index contributed by atoms with van der Waals surface area (Å²) < 4.78 is 23.3. The maximum absolute atomic E-state index is 12.8. The Morgan fingerprint density at radius 2 is 1.65 bits per heavy atom. The third-order valence-electron chi connectivity index (χ3n) is 9.71. The van der Waals surface area contributed by atoms with Gasteiger partial charge in [0, 0.05) is 38.5 Å². The number of Topliss-reactive ketones (excluding diaryl/α,β-unsaturated/α-hetero) is 1. The Morgan fingerprint density at radius 3 is 2.33 bits per heavy atom. The Bertz CT molecular complexity index is 1290. The molecule has 2 bridgehead atoms. The van der Waals surface area contributed by atoms with Gasteiger partial charge in [-0.1, -0.05) is 55.5 Å². The maximum atomic E-state index is 12.8. The van der Waals surface area contributed by atoms with E-state index in [0.717, 1.165) is 0 Å². The van der Waals surface area contributed by atoms with Crippen LogP contribution in [0, 0.1) is 11.8 Å². The van der Waals surface area contributed by atoms with E-state index in [0.29, 0.717) is 6.42 Å². The first-order valence-electron chi connectivity index (χ1n) is 18.1. The van der Waals surface area contributed by atoms with Crippen molar-refractivity contribution in [1.29, 1.82) is 0 Å². The van der Waals surface area contributed by atoms with Crippen molar-refractivity contribution in [3.05, 3.63) is 48.6 Å². The number of carbonyl (C=O) groups is 3. The fourth-order valence-electron chi connectivity index (χ4n) is 6.77. The zero-order chi connectivity index (χ0) is 38.6. The summed E-state index contributed by atoms with van der Waals surface area (Å²) in [7, 11) is 0. The molecule has 2 fully saturated rings. The monoisotopic (exact) mass is 738 g/mol. The van der Waals surface area contributed by atoms with E-state index < -0.39 is 103 Å². The Kier molecular flexibility index (Phi) is 17.2. The molecule has 0 aromatic heterocycles. The summed E-state index contributed by atoms with van der Waals surface area (Å²) in [6.07, 6.45) is 2.24. The molecule has 10 N–H and O–H groups in total. The van der Waals surface area contributed by atoms with Gasteiger partial charge in [0.05, 0.1) is 60.6 Å². The second kappa shape index (κ2) is 20.6. The molecule has 1 amide bonds. The smallest absolute Gasteiger partial charge is 0.311 e. The van der Waals surface area contributed by atoms with Gasteiger partial charge in [0.1, 0.15) is 18.0 Å². The molecule has 2 saturated heterocycles. The van der Waals surface area contributed by atoms with Crippen LogP contribution in [0.1, 0.15) is 78.6 Å². The van der Waals surface area contributed by atoms with E-state index in [1.807, 2.05) is 6.08 Å². The van der Waals surface area contributed by atoms with Crippen LogP contribution in [0.5, 0.6) is 0 Å².